The molecule has 0 radical (unpaired) electrons. The summed E-state index contributed by atoms with van der Waals surface area (Å²) in [5.41, 5.74) is 7.52. The Morgan fingerprint density at radius 1 is 1.15 bits per heavy atom. The van der Waals surface area contributed by atoms with Gasteiger partial charge in [-0.05, 0) is 43.3 Å². The van der Waals surface area contributed by atoms with E-state index >= 15 is 0 Å². The monoisotopic (exact) mass is 385 g/mol. The van der Waals surface area contributed by atoms with E-state index in [1.165, 1.54) is 0 Å². The van der Waals surface area contributed by atoms with Crippen LogP contribution in [0.1, 0.15) is 17.2 Å². The lowest BCUT2D eigenvalue weighted by Crippen LogP contribution is -2.33. The molecule has 3 rings (SSSR count). The SMILES string of the molecule is CN(CCN)CCCOc1ccc(C2Sc3ccccc3N(C)C2=O)cc1. The molecule has 0 spiro atoms. The van der Waals surface area contributed by atoms with Gasteiger partial charge in [-0.25, -0.2) is 0 Å². The highest BCUT2D eigenvalue weighted by molar-refractivity contribution is 8.00. The lowest BCUT2D eigenvalue weighted by molar-refractivity contribution is -0.118. The second-order valence-corrected chi connectivity index (χ2v) is 7.87. The first-order valence-electron chi connectivity index (χ1n) is 9.25. The Hall–Kier alpha value is -2.02. The summed E-state index contributed by atoms with van der Waals surface area (Å²) >= 11 is 1.61. The molecule has 1 aliphatic rings. The first-order valence-corrected chi connectivity index (χ1v) is 10.1. The standard InChI is InChI=1S/C21H27N3O2S/c1-23(14-12-22)13-5-15-26-17-10-8-16(9-11-17)20-21(25)24(2)18-6-3-4-7-19(18)27-20/h3-4,6-11,20H,5,12-15,22H2,1-2H3. The lowest BCUT2D eigenvalue weighted by atomic mass is 10.1. The number of anilines is 1. The quantitative estimate of drug-likeness (QED) is 0.708. The maximum Gasteiger partial charge on any atom is 0.244 e. The minimum atomic E-state index is -0.219. The number of ether oxygens (including phenoxy) is 1. The summed E-state index contributed by atoms with van der Waals surface area (Å²) in [6.07, 6.45) is 0.955. The van der Waals surface area contributed by atoms with E-state index in [0.29, 0.717) is 13.2 Å². The second kappa shape index (κ2) is 9.26. The van der Waals surface area contributed by atoms with Gasteiger partial charge in [-0.15, -0.1) is 11.8 Å². The first kappa shape index (κ1) is 19.7. The molecule has 2 aromatic rings. The van der Waals surface area contributed by atoms with Gasteiger partial charge in [-0.3, -0.25) is 4.79 Å². The Balaban J connectivity index is 1.58. The summed E-state index contributed by atoms with van der Waals surface area (Å²) < 4.78 is 5.82. The zero-order valence-corrected chi connectivity index (χ0v) is 16.7. The van der Waals surface area contributed by atoms with Crippen molar-refractivity contribution in [3.8, 4) is 5.75 Å². The van der Waals surface area contributed by atoms with E-state index < -0.39 is 0 Å². The van der Waals surface area contributed by atoms with Crippen LogP contribution in [-0.4, -0.2) is 51.1 Å². The predicted molar refractivity (Wildman–Crippen MR) is 112 cm³/mol. The average molecular weight is 386 g/mol. The van der Waals surface area contributed by atoms with Gasteiger partial charge >= 0.3 is 0 Å². The highest BCUT2D eigenvalue weighted by atomic mass is 32.2. The van der Waals surface area contributed by atoms with Crippen LogP contribution >= 0.6 is 11.8 Å². The molecule has 6 heteroatoms. The highest BCUT2D eigenvalue weighted by Gasteiger charge is 2.32. The molecule has 0 bridgehead atoms. The summed E-state index contributed by atoms with van der Waals surface area (Å²) in [5, 5.41) is -0.219. The molecule has 2 N–H and O–H groups in total. The maximum absolute atomic E-state index is 12.8. The predicted octanol–water partition coefficient (Wildman–Crippen LogP) is 3.16. The van der Waals surface area contributed by atoms with Gasteiger partial charge in [0.1, 0.15) is 11.0 Å². The number of benzene rings is 2. The summed E-state index contributed by atoms with van der Waals surface area (Å²) in [6.45, 7) is 3.21. The van der Waals surface area contributed by atoms with E-state index in [1.54, 1.807) is 16.7 Å². The van der Waals surface area contributed by atoms with Crippen LogP contribution in [-0.2, 0) is 4.79 Å². The molecule has 1 amide bonds. The number of carbonyl (C=O) groups is 1. The molecule has 2 aromatic carbocycles. The molecular formula is C21H27N3O2S. The molecule has 1 atom stereocenters. The summed E-state index contributed by atoms with van der Waals surface area (Å²) in [4.78, 5) is 17.8. The van der Waals surface area contributed by atoms with Crippen molar-refractivity contribution < 1.29 is 9.53 Å². The summed E-state index contributed by atoms with van der Waals surface area (Å²) in [6, 6.07) is 15.9. The molecule has 0 saturated heterocycles. The van der Waals surface area contributed by atoms with Gasteiger partial charge in [0.25, 0.3) is 0 Å². The van der Waals surface area contributed by atoms with Crippen LogP contribution in [0.5, 0.6) is 5.75 Å². The normalized spacial score (nSPS) is 16.5. The van der Waals surface area contributed by atoms with Gasteiger partial charge in [-0.2, -0.15) is 0 Å². The highest BCUT2D eigenvalue weighted by Crippen LogP contribution is 2.45. The van der Waals surface area contributed by atoms with E-state index in [4.69, 9.17) is 10.5 Å². The summed E-state index contributed by atoms with van der Waals surface area (Å²) in [5.74, 6) is 0.942. The average Bonchev–Trinajstić information content (AvgIpc) is 2.69. The number of amides is 1. The van der Waals surface area contributed by atoms with Gasteiger partial charge < -0.3 is 20.3 Å². The molecule has 0 fully saturated rings. The van der Waals surface area contributed by atoms with Crippen molar-refractivity contribution in [3.05, 3.63) is 54.1 Å². The van der Waals surface area contributed by atoms with Gasteiger partial charge in [-0.1, -0.05) is 24.3 Å². The largest absolute Gasteiger partial charge is 0.494 e. The van der Waals surface area contributed by atoms with Crippen molar-refractivity contribution in [1.29, 1.82) is 0 Å². The summed E-state index contributed by atoms with van der Waals surface area (Å²) in [7, 11) is 3.91. The molecule has 0 aliphatic carbocycles. The Labute approximate surface area is 165 Å². The number of fused-ring (bicyclic) bond motifs is 1. The number of rotatable bonds is 8. The lowest BCUT2D eigenvalue weighted by Gasteiger charge is -2.31. The van der Waals surface area contributed by atoms with E-state index in [-0.39, 0.29) is 11.2 Å². The third-order valence-electron chi connectivity index (χ3n) is 4.67. The van der Waals surface area contributed by atoms with Crippen LogP contribution in [0.2, 0.25) is 0 Å². The fourth-order valence-electron chi connectivity index (χ4n) is 3.11. The molecule has 0 saturated carbocycles. The van der Waals surface area contributed by atoms with Crippen molar-refractivity contribution in [2.24, 2.45) is 5.73 Å². The van der Waals surface area contributed by atoms with Crippen molar-refractivity contribution in [1.82, 2.24) is 4.90 Å². The number of nitrogens with zero attached hydrogens (tertiary/aromatic N) is 2. The Morgan fingerprint density at radius 2 is 1.89 bits per heavy atom. The van der Waals surface area contributed by atoms with Crippen LogP contribution in [0.4, 0.5) is 5.69 Å². The van der Waals surface area contributed by atoms with Crippen LogP contribution < -0.4 is 15.4 Å². The molecule has 144 valence electrons. The van der Waals surface area contributed by atoms with Crippen LogP contribution in [0, 0.1) is 0 Å². The minimum absolute atomic E-state index is 0.107. The van der Waals surface area contributed by atoms with Crippen LogP contribution in [0.25, 0.3) is 0 Å². The van der Waals surface area contributed by atoms with E-state index in [1.807, 2.05) is 49.5 Å². The molecule has 1 heterocycles. The number of thioether (sulfide) groups is 1. The fourth-order valence-corrected chi connectivity index (χ4v) is 4.40. The van der Waals surface area contributed by atoms with Crippen molar-refractivity contribution in [2.75, 3.05) is 45.2 Å². The molecule has 1 aliphatic heterocycles. The van der Waals surface area contributed by atoms with Gasteiger partial charge in [0.2, 0.25) is 5.91 Å². The van der Waals surface area contributed by atoms with Crippen LogP contribution in [0.3, 0.4) is 0 Å². The Morgan fingerprint density at radius 3 is 2.63 bits per heavy atom. The second-order valence-electron chi connectivity index (χ2n) is 6.73. The Bertz CT molecular complexity index is 766. The third kappa shape index (κ3) is 4.83. The zero-order chi connectivity index (χ0) is 19.2. The number of nitrogens with two attached hydrogens (primary N) is 1. The van der Waals surface area contributed by atoms with E-state index in [9.17, 15) is 4.79 Å². The molecular weight excluding hydrogens is 358 g/mol. The Kier molecular flexibility index (Phi) is 6.77. The van der Waals surface area contributed by atoms with E-state index in [0.717, 1.165) is 41.4 Å². The zero-order valence-electron chi connectivity index (χ0n) is 15.9. The topological polar surface area (TPSA) is 58.8 Å². The minimum Gasteiger partial charge on any atom is -0.494 e. The number of carbonyl (C=O) groups excluding carboxylic acids is 1. The molecule has 5 nitrogen and oxygen atoms in total. The number of para-hydroxylation sites is 1. The van der Waals surface area contributed by atoms with Crippen molar-refractivity contribution in [3.63, 3.8) is 0 Å². The third-order valence-corrected chi connectivity index (χ3v) is 5.98. The molecule has 1 unspecified atom stereocenters. The number of hydrogen-bond donors (Lipinski definition) is 1. The fraction of sp³-hybridized carbons (Fsp3) is 0.381. The van der Waals surface area contributed by atoms with Gasteiger partial charge in [0, 0.05) is 31.6 Å². The smallest absolute Gasteiger partial charge is 0.244 e. The van der Waals surface area contributed by atoms with Crippen molar-refractivity contribution >= 4 is 23.4 Å². The number of likely N-dealkylation sites (N-methyl/N-ethyl adjacent to an activating group) is 2. The maximum atomic E-state index is 12.8. The van der Waals surface area contributed by atoms with Gasteiger partial charge in [0.15, 0.2) is 0 Å². The molecule has 0 aromatic heterocycles. The number of hydrogen-bond acceptors (Lipinski definition) is 5. The van der Waals surface area contributed by atoms with Gasteiger partial charge in [0.05, 0.1) is 12.3 Å². The molecule has 27 heavy (non-hydrogen) atoms. The first-order chi connectivity index (χ1) is 13.1. The van der Waals surface area contributed by atoms with Crippen molar-refractivity contribution in [2.45, 2.75) is 16.6 Å². The van der Waals surface area contributed by atoms with Crippen LogP contribution in [0.15, 0.2) is 53.4 Å². The van der Waals surface area contributed by atoms with E-state index in [2.05, 4.69) is 18.0 Å².